The number of anilines is 1. The third-order valence-corrected chi connectivity index (χ3v) is 2.29. The molecular formula is C12H14N4O2. The number of nitrogens with one attached hydrogen (secondary N) is 2. The molecule has 2 aromatic heterocycles. The minimum atomic E-state index is -0.244. The number of nitrogens with zero attached hydrogens (tertiary/aromatic N) is 2. The second kappa shape index (κ2) is 5.81. The summed E-state index contributed by atoms with van der Waals surface area (Å²) in [5, 5.41) is 9.39. The van der Waals surface area contributed by atoms with Gasteiger partial charge in [0.1, 0.15) is 5.69 Å². The van der Waals surface area contributed by atoms with E-state index in [1.54, 1.807) is 18.3 Å². The fourth-order valence-electron chi connectivity index (χ4n) is 1.46. The van der Waals surface area contributed by atoms with Crippen molar-refractivity contribution in [2.24, 2.45) is 0 Å². The summed E-state index contributed by atoms with van der Waals surface area (Å²) in [5.41, 5.74) is 1.24. The largest absolute Gasteiger partial charge is 0.385 e. The van der Waals surface area contributed by atoms with Crippen LogP contribution in [0.25, 0.3) is 0 Å². The first-order valence-corrected chi connectivity index (χ1v) is 5.67. The van der Waals surface area contributed by atoms with Crippen molar-refractivity contribution in [1.82, 2.24) is 15.5 Å². The molecule has 18 heavy (non-hydrogen) atoms. The molecule has 0 spiro atoms. The Morgan fingerprint density at radius 3 is 3.00 bits per heavy atom. The standard InChI is InChI=1S/C12H14N4O2/c1-2-13-9-3-5-14-11(7-9)12(17)15-8-10-4-6-16-18-10/h3-7H,2,8H2,1H3,(H,13,14)(H,15,17). The van der Waals surface area contributed by atoms with Crippen LogP contribution >= 0.6 is 0 Å². The number of pyridine rings is 1. The molecule has 0 fully saturated rings. The van der Waals surface area contributed by atoms with Gasteiger partial charge in [-0.25, -0.2) is 0 Å². The average Bonchev–Trinajstić information content (AvgIpc) is 2.90. The number of aromatic nitrogens is 2. The molecule has 0 aliphatic heterocycles. The number of hydrogen-bond donors (Lipinski definition) is 2. The van der Waals surface area contributed by atoms with Gasteiger partial charge in [0.25, 0.3) is 5.91 Å². The van der Waals surface area contributed by atoms with Crippen LogP contribution in [-0.4, -0.2) is 22.6 Å². The summed E-state index contributed by atoms with van der Waals surface area (Å²) in [7, 11) is 0. The summed E-state index contributed by atoms with van der Waals surface area (Å²) >= 11 is 0. The lowest BCUT2D eigenvalue weighted by Crippen LogP contribution is -2.23. The van der Waals surface area contributed by atoms with Gasteiger partial charge in [-0.3, -0.25) is 9.78 Å². The highest BCUT2D eigenvalue weighted by Gasteiger charge is 2.08. The average molecular weight is 246 g/mol. The van der Waals surface area contributed by atoms with Gasteiger partial charge in [-0.05, 0) is 19.1 Å². The number of carbonyl (C=O) groups is 1. The van der Waals surface area contributed by atoms with Crippen LogP contribution in [-0.2, 0) is 6.54 Å². The molecule has 2 N–H and O–H groups in total. The first kappa shape index (κ1) is 12.1. The van der Waals surface area contributed by atoms with Crippen molar-refractivity contribution in [1.29, 1.82) is 0 Å². The van der Waals surface area contributed by atoms with E-state index in [2.05, 4.69) is 20.8 Å². The lowest BCUT2D eigenvalue weighted by Gasteiger charge is -2.05. The third kappa shape index (κ3) is 3.07. The molecular weight excluding hydrogens is 232 g/mol. The van der Waals surface area contributed by atoms with E-state index in [0.29, 0.717) is 18.0 Å². The molecule has 0 saturated heterocycles. The molecule has 0 bridgehead atoms. The van der Waals surface area contributed by atoms with Crippen molar-refractivity contribution >= 4 is 11.6 Å². The van der Waals surface area contributed by atoms with Crippen LogP contribution in [0.5, 0.6) is 0 Å². The van der Waals surface area contributed by atoms with E-state index in [9.17, 15) is 4.79 Å². The summed E-state index contributed by atoms with van der Waals surface area (Å²) in [5.74, 6) is 0.359. The number of carbonyl (C=O) groups excluding carboxylic acids is 1. The summed E-state index contributed by atoms with van der Waals surface area (Å²) in [6, 6.07) is 5.22. The zero-order chi connectivity index (χ0) is 12.8. The molecule has 0 saturated carbocycles. The molecule has 0 aromatic carbocycles. The van der Waals surface area contributed by atoms with Crippen molar-refractivity contribution < 1.29 is 9.32 Å². The molecule has 0 unspecified atom stereocenters. The third-order valence-electron chi connectivity index (χ3n) is 2.29. The Kier molecular flexibility index (Phi) is 3.90. The van der Waals surface area contributed by atoms with E-state index in [0.717, 1.165) is 12.2 Å². The van der Waals surface area contributed by atoms with Crippen LogP contribution < -0.4 is 10.6 Å². The summed E-state index contributed by atoms with van der Waals surface area (Å²) in [6.07, 6.45) is 3.13. The van der Waals surface area contributed by atoms with Gasteiger partial charge in [0.2, 0.25) is 0 Å². The maximum absolute atomic E-state index is 11.8. The highest BCUT2D eigenvalue weighted by atomic mass is 16.5. The predicted molar refractivity (Wildman–Crippen MR) is 66.1 cm³/mol. The van der Waals surface area contributed by atoms with Gasteiger partial charge in [0.05, 0.1) is 12.7 Å². The van der Waals surface area contributed by atoms with Crippen LogP contribution in [0, 0.1) is 0 Å². The van der Waals surface area contributed by atoms with E-state index < -0.39 is 0 Å². The Labute approximate surface area is 104 Å². The van der Waals surface area contributed by atoms with Crippen molar-refractivity contribution in [3.8, 4) is 0 Å². The number of hydrogen-bond acceptors (Lipinski definition) is 5. The quantitative estimate of drug-likeness (QED) is 0.834. The smallest absolute Gasteiger partial charge is 0.270 e. The molecule has 2 rings (SSSR count). The van der Waals surface area contributed by atoms with Crippen molar-refractivity contribution in [2.45, 2.75) is 13.5 Å². The van der Waals surface area contributed by atoms with Gasteiger partial charge in [0, 0.05) is 24.5 Å². The monoisotopic (exact) mass is 246 g/mol. The van der Waals surface area contributed by atoms with Gasteiger partial charge < -0.3 is 15.2 Å². The number of rotatable bonds is 5. The maximum Gasteiger partial charge on any atom is 0.270 e. The molecule has 6 nitrogen and oxygen atoms in total. The van der Waals surface area contributed by atoms with E-state index in [-0.39, 0.29) is 5.91 Å². The van der Waals surface area contributed by atoms with Gasteiger partial charge in [-0.1, -0.05) is 5.16 Å². The Morgan fingerprint density at radius 1 is 1.39 bits per heavy atom. The Hall–Kier alpha value is -2.37. The maximum atomic E-state index is 11.8. The van der Waals surface area contributed by atoms with Crippen LogP contribution in [0.3, 0.4) is 0 Å². The summed E-state index contributed by atoms with van der Waals surface area (Å²) < 4.78 is 4.88. The minimum absolute atomic E-state index is 0.244. The molecule has 6 heteroatoms. The van der Waals surface area contributed by atoms with Crippen molar-refractivity contribution in [2.75, 3.05) is 11.9 Å². The normalized spacial score (nSPS) is 10.1. The van der Waals surface area contributed by atoms with E-state index in [1.165, 1.54) is 6.20 Å². The molecule has 2 aromatic rings. The van der Waals surface area contributed by atoms with E-state index in [1.807, 2.05) is 13.0 Å². The topological polar surface area (TPSA) is 80.0 Å². The fraction of sp³-hybridized carbons (Fsp3) is 0.250. The Bertz CT molecular complexity index is 511. The highest BCUT2D eigenvalue weighted by molar-refractivity contribution is 5.92. The second-order valence-corrected chi connectivity index (χ2v) is 3.62. The minimum Gasteiger partial charge on any atom is -0.385 e. The van der Waals surface area contributed by atoms with Crippen LogP contribution in [0.4, 0.5) is 5.69 Å². The van der Waals surface area contributed by atoms with Crippen molar-refractivity contribution in [3.05, 3.63) is 42.0 Å². The van der Waals surface area contributed by atoms with Crippen LogP contribution in [0.1, 0.15) is 23.2 Å². The van der Waals surface area contributed by atoms with E-state index >= 15 is 0 Å². The first-order valence-electron chi connectivity index (χ1n) is 5.67. The molecule has 94 valence electrons. The SMILES string of the molecule is CCNc1ccnc(C(=O)NCc2ccno2)c1. The fourth-order valence-corrected chi connectivity index (χ4v) is 1.46. The van der Waals surface area contributed by atoms with Gasteiger partial charge >= 0.3 is 0 Å². The van der Waals surface area contributed by atoms with Gasteiger partial charge in [-0.15, -0.1) is 0 Å². The van der Waals surface area contributed by atoms with Gasteiger partial charge in [0.15, 0.2) is 5.76 Å². The number of amides is 1. The molecule has 0 radical (unpaired) electrons. The Morgan fingerprint density at radius 2 is 2.28 bits per heavy atom. The lowest BCUT2D eigenvalue weighted by molar-refractivity contribution is 0.0942. The van der Waals surface area contributed by atoms with Crippen LogP contribution in [0.2, 0.25) is 0 Å². The summed E-state index contributed by atoms with van der Waals surface area (Å²) in [4.78, 5) is 15.9. The zero-order valence-corrected chi connectivity index (χ0v) is 10.0. The molecule has 0 aliphatic carbocycles. The molecule has 1 amide bonds. The van der Waals surface area contributed by atoms with Gasteiger partial charge in [-0.2, -0.15) is 0 Å². The van der Waals surface area contributed by atoms with Crippen molar-refractivity contribution in [3.63, 3.8) is 0 Å². The summed E-state index contributed by atoms with van der Waals surface area (Å²) in [6.45, 7) is 3.08. The lowest BCUT2D eigenvalue weighted by atomic mass is 10.3. The predicted octanol–water partition coefficient (Wildman–Crippen LogP) is 1.43. The first-order chi connectivity index (χ1) is 8.79. The van der Waals surface area contributed by atoms with Crippen LogP contribution in [0.15, 0.2) is 35.1 Å². The van der Waals surface area contributed by atoms with E-state index in [4.69, 9.17) is 4.52 Å². The second-order valence-electron chi connectivity index (χ2n) is 3.62. The Balaban J connectivity index is 1.97. The molecule has 0 atom stereocenters. The molecule has 0 aliphatic rings. The zero-order valence-electron chi connectivity index (χ0n) is 10.0. The highest BCUT2D eigenvalue weighted by Crippen LogP contribution is 2.07. The molecule has 2 heterocycles.